The molecule has 174 valence electrons. The molecule has 0 N–H and O–H groups in total. The number of carbonyl (C=O) groups is 1. The Hall–Kier alpha value is -3.12. The second kappa shape index (κ2) is 10.7. The first-order chi connectivity index (χ1) is 16.1. The summed E-state index contributed by atoms with van der Waals surface area (Å²) >= 11 is 0. The molecule has 33 heavy (non-hydrogen) atoms. The van der Waals surface area contributed by atoms with Gasteiger partial charge in [-0.1, -0.05) is 53.2 Å². The van der Waals surface area contributed by atoms with Gasteiger partial charge in [0, 0.05) is 37.4 Å². The maximum atomic E-state index is 13.5. The third kappa shape index (κ3) is 5.28. The molecule has 6 nitrogen and oxygen atoms in total. The minimum absolute atomic E-state index is 0.0198. The van der Waals surface area contributed by atoms with Crippen molar-refractivity contribution in [2.75, 3.05) is 31.7 Å². The average Bonchev–Trinajstić information content (AvgIpc) is 3.25. The number of aromatic nitrogens is 1. The highest BCUT2D eigenvalue weighted by molar-refractivity contribution is 5.94. The number of amides is 1. The van der Waals surface area contributed by atoms with Gasteiger partial charge in [0.1, 0.15) is 5.69 Å². The van der Waals surface area contributed by atoms with Crippen LogP contribution in [-0.2, 0) is 11.3 Å². The minimum Gasteiger partial charge on any atom is -0.383 e. The van der Waals surface area contributed by atoms with E-state index in [4.69, 9.17) is 9.26 Å². The molecule has 1 aliphatic heterocycles. The summed E-state index contributed by atoms with van der Waals surface area (Å²) in [6, 6.07) is 18.1. The zero-order valence-electron chi connectivity index (χ0n) is 19.8. The van der Waals surface area contributed by atoms with Gasteiger partial charge in [-0.2, -0.15) is 0 Å². The number of anilines is 1. The largest absolute Gasteiger partial charge is 0.383 e. The number of hydrogen-bond acceptors (Lipinski definition) is 5. The van der Waals surface area contributed by atoms with Crippen molar-refractivity contribution in [2.45, 2.75) is 45.7 Å². The SMILES string of the molecule is COCCN(Cc1c(-c2ccccc2)noc1N1CCCC[C@H]1C)C(=O)c1cccc(C)c1. The first-order valence-corrected chi connectivity index (χ1v) is 11.7. The molecule has 1 aromatic heterocycles. The lowest BCUT2D eigenvalue weighted by Gasteiger charge is -2.34. The normalized spacial score (nSPS) is 16.1. The molecule has 0 saturated carbocycles. The lowest BCUT2D eigenvalue weighted by molar-refractivity contribution is 0.0680. The topological polar surface area (TPSA) is 58.8 Å². The number of piperidine rings is 1. The van der Waals surface area contributed by atoms with E-state index in [1.807, 2.05) is 66.4 Å². The standard InChI is InChI=1S/C27H33N3O3/c1-20-10-9-14-23(18-20)26(31)29(16-17-32-3)19-24-25(22-12-5-4-6-13-22)28-33-27(24)30-15-8-7-11-21(30)2/h4-6,9-10,12-14,18,21H,7-8,11,15-17,19H2,1-3H3/t21-/m1/s1. The quantitative estimate of drug-likeness (QED) is 0.468. The van der Waals surface area contributed by atoms with Crippen LogP contribution in [0.5, 0.6) is 0 Å². The number of benzene rings is 2. The molecule has 0 radical (unpaired) electrons. The molecule has 6 heteroatoms. The summed E-state index contributed by atoms with van der Waals surface area (Å²) in [6.07, 6.45) is 3.47. The molecule has 3 aromatic rings. The Morgan fingerprint density at radius 2 is 2.00 bits per heavy atom. The van der Waals surface area contributed by atoms with E-state index in [2.05, 4.69) is 17.0 Å². The average molecular weight is 448 g/mol. The fraction of sp³-hybridized carbons (Fsp3) is 0.407. The highest BCUT2D eigenvalue weighted by Gasteiger charge is 2.30. The molecule has 1 fully saturated rings. The molecular formula is C27H33N3O3. The van der Waals surface area contributed by atoms with Gasteiger partial charge in [-0.05, 0) is 45.2 Å². The molecule has 0 unspecified atom stereocenters. The summed E-state index contributed by atoms with van der Waals surface area (Å²) in [7, 11) is 1.66. The minimum atomic E-state index is -0.0198. The molecule has 2 heterocycles. The summed E-state index contributed by atoms with van der Waals surface area (Å²) in [6.45, 7) is 6.51. The van der Waals surface area contributed by atoms with Crippen molar-refractivity contribution in [3.05, 3.63) is 71.3 Å². The first-order valence-electron chi connectivity index (χ1n) is 11.7. The Kier molecular flexibility index (Phi) is 7.45. The van der Waals surface area contributed by atoms with E-state index in [9.17, 15) is 4.79 Å². The van der Waals surface area contributed by atoms with Crippen molar-refractivity contribution >= 4 is 11.8 Å². The number of ether oxygens (including phenoxy) is 1. The Bertz CT molecular complexity index is 1060. The third-order valence-electron chi connectivity index (χ3n) is 6.35. The maximum absolute atomic E-state index is 13.5. The third-order valence-corrected chi connectivity index (χ3v) is 6.35. The molecular weight excluding hydrogens is 414 g/mol. The monoisotopic (exact) mass is 447 g/mol. The van der Waals surface area contributed by atoms with Crippen LogP contribution in [0.3, 0.4) is 0 Å². The van der Waals surface area contributed by atoms with E-state index in [0.29, 0.717) is 31.3 Å². The highest BCUT2D eigenvalue weighted by atomic mass is 16.5. The Morgan fingerprint density at radius 1 is 1.18 bits per heavy atom. The zero-order chi connectivity index (χ0) is 23.2. The predicted octanol–water partition coefficient (Wildman–Crippen LogP) is 5.32. The van der Waals surface area contributed by atoms with E-state index < -0.39 is 0 Å². The number of carbonyl (C=O) groups excluding carboxylic acids is 1. The number of nitrogens with zero attached hydrogens (tertiary/aromatic N) is 3. The molecule has 2 aromatic carbocycles. The van der Waals surface area contributed by atoms with Crippen molar-refractivity contribution in [2.24, 2.45) is 0 Å². The van der Waals surface area contributed by atoms with Crippen molar-refractivity contribution in [3.8, 4) is 11.3 Å². The van der Waals surface area contributed by atoms with Gasteiger partial charge in [-0.3, -0.25) is 4.79 Å². The van der Waals surface area contributed by atoms with Crippen LogP contribution in [0.1, 0.15) is 47.7 Å². The van der Waals surface area contributed by atoms with E-state index in [1.54, 1.807) is 7.11 Å². The van der Waals surface area contributed by atoms with Crippen LogP contribution in [0.25, 0.3) is 11.3 Å². The van der Waals surface area contributed by atoms with Crippen molar-refractivity contribution in [3.63, 3.8) is 0 Å². The first kappa shape index (κ1) is 23.1. The molecule has 1 atom stereocenters. The molecule has 4 rings (SSSR count). The van der Waals surface area contributed by atoms with Crippen LogP contribution >= 0.6 is 0 Å². The summed E-state index contributed by atoms with van der Waals surface area (Å²) in [5.74, 6) is 0.758. The maximum Gasteiger partial charge on any atom is 0.254 e. The second-order valence-corrected chi connectivity index (χ2v) is 8.81. The zero-order valence-corrected chi connectivity index (χ0v) is 19.8. The summed E-state index contributed by atoms with van der Waals surface area (Å²) < 4.78 is 11.3. The fourth-order valence-electron chi connectivity index (χ4n) is 4.50. The Morgan fingerprint density at radius 3 is 2.73 bits per heavy atom. The lowest BCUT2D eigenvalue weighted by atomic mass is 10.0. The Labute approximate surface area is 196 Å². The molecule has 0 aliphatic carbocycles. The van der Waals surface area contributed by atoms with Gasteiger partial charge in [-0.25, -0.2) is 0 Å². The fourth-order valence-corrected chi connectivity index (χ4v) is 4.50. The van der Waals surface area contributed by atoms with E-state index >= 15 is 0 Å². The number of methoxy groups -OCH3 is 1. The molecule has 0 spiro atoms. The molecule has 1 aliphatic rings. The van der Waals surface area contributed by atoms with Crippen LogP contribution < -0.4 is 4.90 Å². The van der Waals surface area contributed by atoms with Gasteiger partial charge in [0.25, 0.3) is 5.91 Å². The van der Waals surface area contributed by atoms with E-state index in [0.717, 1.165) is 47.7 Å². The van der Waals surface area contributed by atoms with Crippen LogP contribution in [0.2, 0.25) is 0 Å². The Balaban J connectivity index is 1.73. The number of aryl methyl sites for hydroxylation is 1. The van der Waals surface area contributed by atoms with Crippen LogP contribution in [0.15, 0.2) is 59.1 Å². The van der Waals surface area contributed by atoms with Gasteiger partial charge < -0.3 is 19.1 Å². The molecule has 1 saturated heterocycles. The number of rotatable bonds is 8. The van der Waals surface area contributed by atoms with Gasteiger partial charge in [0.05, 0.1) is 18.7 Å². The van der Waals surface area contributed by atoms with Crippen LogP contribution in [0, 0.1) is 6.92 Å². The van der Waals surface area contributed by atoms with Crippen LogP contribution in [-0.4, -0.2) is 48.8 Å². The van der Waals surface area contributed by atoms with E-state index in [-0.39, 0.29) is 5.91 Å². The lowest BCUT2D eigenvalue weighted by Crippen LogP contribution is -2.39. The predicted molar refractivity (Wildman–Crippen MR) is 130 cm³/mol. The van der Waals surface area contributed by atoms with Crippen molar-refractivity contribution < 1.29 is 14.1 Å². The second-order valence-electron chi connectivity index (χ2n) is 8.81. The van der Waals surface area contributed by atoms with Crippen LogP contribution in [0.4, 0.5) is 5.88 Å². The van der Waals surface area contributed by atoms with Gasteiger partial charge in [0.15, 0.2) is 0 Å². The number of hydrogen-bond donors (Lipinski definition) is 0. The molecule has 1 amide bonds. The summed E-state index contributed by atoms with van der Waals surface area (Å²) in [5.41, 5.74) is 4.47. The van der Waals surface area contributed by atoms with Gasteiger partial charge >= 0.3 is 0 Å². The van der Waals surface area contributed by atoms with Gasteiger partial charge in [-0.15, -0.1) is 0 Å². The summed E-state index contributed by atoms with van der Waals surface area (Å²) in [4.78, 5) is 17.7. The van der Waals surface area contributed by atoms with Crippen molar-refractivity contribution in [1.82, 2.24) is 10.1 Å². The van der Waals surface area contributed by atoms with Crippen molar-refractivity contribution in [1.29, 1.82) is 0 Å². The summed E-state index contributed by atoms with van der Waals surface area (Å²) in [5, 5.41) is 4.49. The molecule has 0 bridgehead atoms. The van der Waals surface area contributed by atoms with Gasteiger partial charge in [0.2, 0.25) is 5.88 Å². The highest BCUT2D eigenvalue weighted by Crippen LogP contribution is 2.35. The smallest absolute Gasteiger partial charge is 0.254 e. The van der Waals surface area contributed by atoms with E-state index in [1.165, 1.54) is 6.42 Å².